The molecule has 0 unspecified atom stereocenters. The maximum Gasteiger partial charge on any atom is 0.214 e. The molecule has 0 saturated heterocycles. The molecule has 0 aromatic carbocycles. The van der Waals surface area contributed by atoms with E-state index < -0.39 is 0 Å². The summed E-state index contributed by atoms with van der Waals surface area (Å²) in [5, 5.41) is 9.54. The standard InChI is InChI=1S/C24H39NO2/c1-2-3-4-5-6-7-8-9-10-11-12-13-14-15-18-27-24-20-21-19-22(26)16-17-23(21)25-24/h17,19-20,26H,2-16,18H2,1H3. The number of fused-ring (bicyclic) bond motifs is 1. The second-order valence-electron chi connectivity index (χ2n) is 7.92. The van der Waals surface area contributed by atoms with E-state index in [-0.39, 0.29) is 0 Å². The fourth-order valence-electron chi connectivity index (χ4n) is 3.69. The van der Waals surface area contributed by atoms with Gasteiger partial charge in [0.2, 0.25) is 5.90 Å². The van der Waals surface area contributed by atoms with Crippen molar-refractivity contribution < 1.29 is 9.84 Å². The molecule has 0 fully saturated rings. The van der Waals surface area contributed by atoms with Gasteiger partial charge in [0.1, 0.15) is 0 Å². The third kappa shape index (κ3) is 9.30. The lowest BCUT2D eigenvalue weighted by molar-refractivity contribution is 0.295. The van der Waals surface area contributed by atoms with Crippen LogP contribution in [0.5, 0.6) is 0 Å². The molecule has 3 nitrogen and oxygen atoms in total. The van der Waals surface area contributed by atoms with E-state index in [4.69, 9.17) is 4.74 Å². The monoisotopic (exact) mass is 373 g/mol. The summed E-state index contributed by atoms with van der Waals surface area (Å²) in [5.74, 6) is 1.09. The third-order valence-electron chi connectivity index (χ3n) is 5.38. The molecule has 0 bridgehead atoms. The van der Waals surface area contributed by atoms with Crippen LogP contribution in [-0.2, 0) is 4.74 Å². The molecule has 27 heavy (non-hydrogen) atoms. The first-order valence-electron chi connectivity index (χ1n) is 11.3. The van der Waals surface area contributed by atoms with Crippen LogP contribution in [0.4, 0.5) is 0 Å². The molecular weight excluding hydrogens is 334 g/mol. The van der Waals surface area contributed by atoms with Crippen molar-refractivity contribution in [3.05, 3.63) is 35.3 Å². The van der Waals surface area contributed by atoms with Gasteiger partial charge in [-0.25, -0.2) is 4.99 Å². The number of aliphatic hydroxyl groups excluding tert-OH is 1. The molecule has 1 aliphatic heterocycles. The van der Waals surface area contributed by atoms with E-state index in [2.05, 4.69) is 11.9 Å². The zero-order chi connectivity index (χ0) is 19.2. The van der Waals surface area contributed by atoms with Crippen molar-refractivity contribution in [3.63, 3.8) is 0 Å². The van der Waals surface area contributed by atoms with Gasteiger partial charge in [0, 0.05) is 18.1 Å². The molecule has 0 saturated carbocycles. The first-order valence-corrected chi connectivity index (χ1v) is 11.3. The van der Waals surface area contributed by atoms with Gasteiger partial charge in [-0.3, -0.25) is 0 Å². The summed E-state index contributed by atoms with van der Waals surface area (Å²) in [7, 11) is 0. The van der Waals surface area contributed by atoms with Crippen molar-refractivity contribution in [2.45, 2.75) is 103 Å². The molecule has 1 heterocycles. The quantitative estimate of drug-likeness (QED) is 0.301. The Morgan fingerprint density at radius 2 is 1.37 bits per heavy atom. The van der Waals surface area contributed by atoms with E-state index in [1.807, 2.05) is 12.2 Å². The summed E-state index contributed by atoms with van der Waals surface area (Å²) in [6.45, 7) is 3.02. The fraction of sp³-hybridized carbons (Fsp3) is 0.708. The van der Waals surface area contributed by atoms with Crippen molar-refractivity contribution in [1.82, 2.24) is 0 Å². The summed E-state index contributed by atoms with van der Waals surface area (Å²) in [4.78, 5) is 4.46. The Labute approximate surface area is 166 Å². The van der Waals surface area contributed by atoms with Crippen LogP contribution >= 0.6 is 0 Å². The molecule has 0 spiro atoms. The molecule has 0 aromatic rings. The van der Waals surface area contributed by atoms with Crippen LogP contribution in [0.2, 0.25) is 0 Å². The lowest BCUT2D eigenvalue weighted by Gasteiger charge is -2.05. The van der Waals surface area contributed by atoms with E-state index in [1.54, 1.807) is 6.08 Å². The van der Waals surface area contributed by atoms with E-state index in [1.165, 1.54) is 83.5 Å². The average molecular weight is 374 g/mol. The Bertz CT molecular complexity index is 543. The molecule has 1 N–H and O–H groups in total. The van der Waals surface area contributed by atoms with Crippen LogP contribution in [0.15, 0.2) is 40.2 Å². The predicted octanol–water partition coefficient (Wildman–Crippen LogP) is 7.55. The van der Waals surface area contributed by atoms with Crippen LogP contribution in [-0.4, -0.2) is 17.6 Å². The molecule has 2 aliphatic rings. The van der Waals surface area contributed by atoms with Crippen LogP contribution in [0.25, 0.3) is 0 Å². The summed E-state index contributed by atoms with van der Waals surface area (Å²) in [6.07, 6.45) is 25.4. The minimum Gasteiger partial charge on any atom is -0.512 e. The Hall–Kier alpha value is -1.51. The van der Waals surface area contributed by atoms with Crippen molar-refractivity contribution >= 4 is 5.90 Å². The predicted molar refractivity (Wildman–Crippen MR) is 115 cm³/mol. The van der Waals surface area contributed by atoms with Crippen molar-refractivity contribution in [2.24, 2.45) is 4.99 Å². The molecular formula is C24H39NO2. The fourth-order valence-corrected chi connectivity index (χ4v) is 3.69. The Balaban J connectivity index is 1.35. The number of rotatable bonds is 15. The van der Waals surface area contributed by atoms with Crippen LogP contribution in [0.1, 0.15) is 103 Å². The van der Waals surface area contributed by atoms with Crippen molar-refractivity contribution in [2.75, 3.05) is 6.61 Å². The van der Waals surface area contributed by atoms with E-state index in [9.17, 15) is 5.11 Å². The summed E-state index contributed by atoms with van der Waals surface area (Å²) in [5.41, 5.74) is 1.90. The van der Waals surface area contributed by atoms with Crippen molar-refractivity contribution in [3.8, 4) is 0 Å². The number of hydrogen-bond acceptors (Lipinski definition) is 3. The zero-order valence-electron chi connectivity index (χ0n) is 17.3. The second kappa shape index (κ2) is 13.6. The number of hydrogen-bond donors (Lipinski definition) is 1. The minimum atomic E-state index is 0.397. The SMILES string of the molecule is CCCCCCCCCCCCCCCCOC1=NC2=CCC(O)=CC2=C1. The topological polar surface area (TPSA) is 41.8 Å². The van der Waals surface area contributed by atoms with Gasteiger partial charge in [-0.15, -0.1) is 0 Å². The molecule has 0 amide bonds. The zero-order valence-corrected chi connectivity index (χ0v) is 17.3. The van der Waals surface area contributed by atoms with E-state index >= 15 is 0 Å². The normalized spacial score (nSPS) is 15.7. The van der Waals surface area contributed by atoms with Crippen LogP contribution in [0, 0.1) is 0 Å². The minimum absolute atomic E-state index is 0.397. The average Bonchev–Trinajstić information content (AvgIpc) is 3.06. The van der Waals surface area contributed by atoms with Gasteiger partial charge in [-0.05, 0) is 12.5 Å². The van der Waals surface area contributed by atoms with Crippen molar-refractivity contribution in [1.29, 1.82) is 0 Å². The first kappa shape index (κ1) is 21.8. The highest BCUT2D eigenvalue weighted by Gasteiger charge is 2.17. The summed E-state index contributed by atoms with van der Waals surface area (Å²) < 4.78 is 5.76. The van der Waals surface area contributed by atoms with Gasteiger partial charge in [0.25, 0.3) is 0 Å². The Morgan fingerprint density at radius 1 is 0.815 bits per heavy atom. The second-order valence-corrected chi connectivity index (χ2v) is 7.92. The molecule has 3 heteroatoms. The lowest BCUT2D eigenvalue weighted by atomic mass is 10.0. The number of ether oxygens (including phenoxy) is 1. The lowest BCUT2D eigenvalue weighted by Crippen LogP contribution is -2.01. The van der Waals surface area contributed by atoms with Gasteiger partial charge in [-0.1, -0.05) is 96.5 Å². The summed E-state index contributed by atoms with van der Waals surface area (Å²) >= 11 is 0. The van der Waals surface area contributed by atoms with Gasteiger partial charge in [0.15, 0.2) is 0 Å². The smallest absolute Gasteiger partial charge is 0.214 e. The number of nitrogens with zero attached hydrogens (tertiary/aromatic N) is 1. The Morgan fingerprint density at radius 3 is 1.96 bits per heavy atom. The molecule has 1 aliphatic carbocycles. The van der Waals surface area contributed by atoms with Crippen LogP contribution in [0.3, 0.4) is 0 Å². The van der Waals surface area contributed by atoms with Gasteiger partial charge < -0.3 is 9.84 Å². The maximum atomic E-state index is 9.54. The number of unbranched alkanes of at least 4 members (excludes halogenated alkanes) is 13. The Kier molecular flexibility index (Phi) is 11.0. The molecule has 0 atom stereocenters. The van der Waals surface area contributed by atoms with Crippen LogP contribution < -0.4 is 0 Å². The maximum absolute atomic E-state index is 9.54. The highest BCUT2D eigenvalue weighted by Crippen LogP contribution is 2.27. The number of aliphatic hydroxyl groups is 1. The number of allylic oxidation sites excluding steroid dienone is 2. The van der Waals surface area contributed by atoms with Gasteiger partial charge in [0.05, 0.1) is 18.1 Å². The van der Waals surface area contributed by atoms with Gasteiger partial charge >= 0.3 is 0 Å². The third-order valence-corrected chi connectivity index (χ3v) is 5.38. The molecule has 0 aromatic heterocycles. The largest absolute Gasteiger partial charge is 0.512 e. The summed E-state index contributed by atoms with van der Waals surface area (Å²) in [6, 6.07) is 0. The van der Waals surface area contributed by atoms with E-state index in [0.29, 0.717) is 18.1 Å². The highest BCUT2D eigenvalue weighted by molar-refractivity contribution is 5.94. The highest BCUT2D eigenvalue weighted by atomic mass is 16.5. The molecule has 2 rings (SSSR count). The first-order chi connectivity index (χ1) is 13.3. The molecule has 152 valence electrons. The molecule has 0 radical (unpaired) electrons. The van der Waals surface area contributed by atoms with Gasteiger partial charge in [-0.2, -0.15) is 0 Å². The number of aliphatic imine (C=N–C) groups is 1. The van der Waals surface area contributed by atoms with E-state index in [0.717, 1.165) is 24.3 Å².